The summed E-state index contributed by atoms with van der Waals surface area (Å²) in [5.74, 6) is -0.654. The van der Waals surface area contributed by atoms with Crippen molar-refractivity contribution >= 4 is 21.6 Å². The van der Waals surface area contributed by atoms with Crippen LogP contribution in [-0.4, -0.2) is 50.2 Å². The highest BCUT2D eigenvalue weighted by Crippen LogP contribution is 2.29. The van der Waals surface area contributed by atoms with Crippen LogP contribution in [0, 0.1) is 5.82 Å². The summed E-state index contributed by atoms with van der Waals surface area (Å²) in [6.45, 7) is 0.443. The molecule has 0 radical (unpaired) electrons. The van der Waals surface area contributed by atoms with Crippen LogP contribution in [0.2, 0.25) is 0 Å². The van der Waals surface area contributed by atoms with Crippen molar-refractivity contribution in [2.45, 2.75) is 49.6 Å². The van der Waals surface area contributed by atoms with Crippen molar-refractivity contribution in [1.29, 1.82) is 0 Å². The first-order valence-electron chi connectivity index (χ1n) is 10.6. The van der Waals surface area contributed by atoms with Crippen LogP contribution in [0.4, 0.5) is 10.1 Å². The Hall–Kier alpha value is -2.29. The fourth-order valence-electron chi connectivity index (χ4n) is 4.03. The van der Waals surface area contributed by atoms with Crippen molar-refractivity contribution in [1.82, 2.24) is 9.21 Å². The number of hydrogen-bond donors (Lipinski definition) is 1. The van der Waals surface area contributed by atoms with Gasteiger partial charge in [-0.25, -0.2) is 12.8 Å². The molecule has 0 saturated heterocycles. The Balaban J connectivity index is 1.68. The van der Waals surface area contributed by atoms with Crippen molar-refractivity contribution in [3.63, 3.8) is 0 Å². The third-order valence-corrected chi connectivity index (χ3v) is 7.63. The molecule has 2 aromatic rings. The van der Waals surface area contributed by atoms with Crippen molar-refractivity contribution in [2.75, 3.05) is 26.0 Å². The second kappa shape index (κ2) is 10.3. The predicted molar refractivity (Wildman–Crippen MR) is 120 cm³/mol. The molecule has 1 fully saturated rings. The van der Waals surface area contributed by atoms with Gasteiger partial charge in [-0.05, 0) is 49.7 Å². The van der Waals surface area contributed by atoms with Gasteiger partial charge in [0, 0.05) is 19.6 Å². The third-order valence-electron chi connectivity index (χ3n) is 5.66. The van der Waals surface area contributed by atoms with Gasteiger partial charge in [-0.2, -0.15) is 4.31 Å². The molecule has 1 saturated carbocycles. The molecule has 1 aliphatic rings. The molecule has 0 aromatic heterocycles. The molecule has 168 valence electrons. The molecule has 0 atom stereocenters. The quantitative estimate of drug-likeness (QED) is 0.667. The molecule has 0 heterocycles. The molecule has 0 unspecified atom stereocenters. The van der Waals surface area contributed by atoms with Crippen LogP contribution in [0.5, 0.6) is 0 Å². The fraction of sp³-hybridized carbons (Fsp3) is 0.435. The number of para-hydroxylation sites is 1. The van der Waals surface area contributed by atoms with Crippen molar-refractivity contribution in [3.8, 4) is 0 Å². The third kappa shape index (κ3) is 6.12. The summed E-state index contributed by atoms with van der Waals surface area (Å²) >= 11 is 0. The zero-order valence-electron chi connectivity index (χ0n) is 18.1. The van der Waals surface area contributed by atoms with E-state index in [-0.39, 0.29) is 34.9 Å². The standard InChI is InChI=1S/C23H30FN3O3S/c1-26(16-18-9-8-10-19(24)15-18)17-23(28)25-21-13-6-7-14-22(21)31(29,30)27(2)20-11-4-3-5-12-20/h6-10,13-15,20H,3-5,11-12,16-17H2,1-2H3,(H,25,28). The fourth-order valence-corrected chi connectivity index (χ4v) is 5.59. The van der Waals surface area contributed by atoms with Crippen LogP contribution in [0.25, 0.3) is 0 Å². The van der Waals surface area contributed by atoms with Gasteiger partial charge < -0.3 is 5.32 Å². The van der Waals surface area contributed by atoms with E-state index in [2.05, 4.69) is 5.32 Å². The largest absolute Gasteiger partial charge is 0.324 e. The summed E-state index contributed by atoms with van der Waals surface area (Å²) in [5, 5.41) is 2.74. The zero-order valence-corrected chi connectivity index (χ0v) is 18.9. The lowest BCUT2D eigenvalue weighted by molar-refractivity contribution is -0.117. The molecule has 1 N–H and O–H groups in total. The average molecular weight is 448 g/mol. The highest BCUT2D eigenvalue weighted by atomic mass is 32.2. The Bertz CT molecular complexity index is 1010. The van der Waals surface area contributed by atoms with Crippen molar-refractivity contribution in [2.24, 2.45) is 0 Å². The van der Waals surface area contributed by atoms with Gasteiger partial charge in [0.15, 0.2) is 0 Å². The number of hydrogen-bond acceptors (Lipinski definition) is 4. The van der Waals surface area contributed by atoms with Gasteiger partial charge in [0.2, 0.25) is 15.9 Å². The number of nitrogens with one attached hydrogen (secondary N) is 1. The Kier molecular flexibility index (Phi) is 7.80. The van der Waals surface area contributed by atoms with Gasteiger partial charge >= 0.3 is 0 Å². The van der Waals surface area contributed by atoms with Gasteiger partial charge in [-0.1, -0.05) is 43.5 Å². The highest BCUT2D eigenvalue weighted by Gasteiger charge is 2.31. The van der Waals surface area contributed by atoms with Gasteiger partial charge in [-0.15, -0.1) is 0 Å². The Morgan fingerprint density at radius 3 is 2.48 bits per heavy atom. The minimum absolute atomic E-state index is 0.0140. The Labute approximate surface area is 184 Å². The van der Waals surface area contributed by atoms with E-state index in [1.165, 1.54) is 22.5 Å². The van der Waals surface area contributed by atoms with Gasteiger partial charge in [-0.3, -0.25) is 9.69 Å². The SMILES string of the molecule is CN(CC(=O)Nc1ccccc1S(=O)(=O)N(C)C1CCCCC1)Cc1cccc(F)c1. The van der Waals surface area contributed by atoms with Gasteiger partial charge in [0.1, 0.15) is 10.7 Å². The minimum atomic E-state index is -3.73. The predicted octanol–water partition coefficient (Wildman–Crippen LogP) is 3.85. The maximum atomic E-state index is 13.4. The first-order valence-corrected chi connectivity index (χ1v) is 12.0. The lowest BCUT2D eigenvalue weighted by Crippen LogP contribution is -2.38. The van der Waals surface area contributed by atoms with Crippen LogP contribution in [-0.2, 0) is 21.4 Å². The second-order valence-electron chi connectivity index (χ2n) is 8.16. The summed E-state index contributed by atoms with van der Waals surface area (Å²) < 4.78 is 41.3. The molecule has 1 aliphatic carbocycles. The maximum Gasteiger partial charge on any atom is 0.245 e. The summed E-state index contributed by atoms with van der Waals surface area (Å²) in [7, 11) is -0.358. The summed E-state index contributed by atoms with van der Waals surface area (Å²) in [6.07, 6.45) is 4.91. The summed E-state index contributed by atoms with van der Waals surface area (Å²) in [5.41, 5.74) is 1.03. The number of rotatable bonds is 8. The normalized spacial score (nSPS) is 15.4. The van der Waals surface area contributed by atoms with Gasteiger partial charge in [0.25, 0.3) is 0 Å². The van der Waals surface area contributed by atoms with Crippen LogP contribution in [0.3, 0.4) is 0 Å². The molecule has 2 aromatic carbocycles. The van der Waals surface area contributed by atoms with E-state index in [4.69, 9.17) is 0 Å². The van der Waals surface area contributed by atoms with Crippen molar-refractivity contribution < 1.29 is 17.6 Å². The van der Waals surface area contributed by atoms with Gasteiger partial charge in [0.05, 0.1) is 12.2 Å². The van der Waals surface area contributed by atoms with E-state index in [1.54, 1.807) is 49.3 Å². The number of carbonyl (C=O) groups excluding carboxylic acids is 1. The second-order valence-corrected chi connectivity index (χ2v) is 10.1. The van der Waals surface area contributed by atoms with E-state index < -0.39 is 10.0 Å². The number of likely N-dealkylation sites (N-methyl/N-ethyl adjacent to an activating group) is 1. The average Bonchev–Trinajstić information content (AvgIpc) is 2.74. The molecule has 0 aliphatic heterocycles. The van der Waals surface area contributed by atoms with E-state index in [1.807, 2.05) is 0 Å². The zero-order chi connectivity index (χ0) is 22.4. The van der Waals surface area contributed by atoms with Crippen LogP contribution >= 0.6 is 0 Å². The lowest BCUT2D eigenvalue weighted by atomic mass is 9.96. The molecular weight excluding hydrogens is 417 g/mol. The number of benzene rings is 2. The number of nitrogens with zero attached hydrogens (tertiary/aromatic N) is 2. The number of halogens is 1. The van der Waals surface area contributed by atoms with E-state index in [9.17, 15) is 17.6 Å². The Morgan fingerprint density at radius 2 is 1.77 bits per heavy atom. The van der Waals surface area contributed by atoms with Crippen molar-refractivity contribution in [3.05, 3.63) is 59.9 Å². The number of sulfonamides is 1. The first-order chi connectivity index (χ1) is 14.8. The number of amides is 1. The first kappa shape index (κ1) is 23.4. The molecular formula is C23H30FN3O3S. The van der Waals surface area contributed by atoms with E-state index >= 15 is 0 Å². The number of carbonyl (C=O) groups is 1. The maximum absolute atomic E-state index is 13.4. The topological polar surface area (TPSA) is 69.7 Å². The lowest BCUT2D eigenvalue weighted by Gasteiger charge is -2.31. The number of anilines is 1. The Morgan fingerprint density at radius 1 is 1.06 bits per heavy atom. The highest BCUT2D eigenvalue weighted by molar-refractivity contribution is 7.89. The molecule has 31 heavy (non-hydrogen) atoms. The smallest absolute Gasteiger partial charge is 0.245 e. The molecule has 6 nitrogen and oxygen atoms in total. The molecule has 8 heteroatoms. The van der Waals surface area contributed by atoms with Crippen LogP contribution in [0.1, 0.15) is 37.7 Å². The van der Waals surface area contributed by atoms with E-state index in [0.29, 0.717) is 6.54 Å². The minimum Gasteiger partial charge on any atom is -0.324 e. The molecule has 0 spiro atoms. The summed E-state index contributed by atoms with van der Waals surface area (Å²) in [6, 6.07) is 12.7. The van der Waals surface area contributed by atoms with Crippen LogP contribution in [0.15, 0.2) is 53.4 Å². The molecule has 0 bridgehead atoms. The summed E-state index contributed by atoms with van der Waals surface area (Å²) in [4.78, 5) is 14.4. The monoisotopic (exact) mass is 447 g/mol. The van der Waals surface area contributed by atoms with E-state index in [0.717, 1.165) is 37.7 Å². The van der Waals surface area contributed by atoms with Crippen LogP contribution < -0.4 is 5.32 Å². The molecule has 3 rings (SSSR count). The molecule has 1 amide bonds.